The highest BCUT2D eigenvalue weighted by Gasteiger charge is 1.99. The Hall–Kier alpha value is -1.79. The molecule has 4 aromatic carbocycles. The van der Waals surface area contributed by atoms with Crippen LogP contribution in [0.3, 0.4) is 0 Å². The summed E-state index contributed by atoms with van der Waals surface area (Å²) in [6, 6.07) is 32.6. The van der Waals surface area contributed by atoms with Gasteiger partial charge in [0.05, 0.1) is 0 Å². The van der Waals surface area contributed by atoms with Gasteiger partial charge in [-0.05, 0) is 81.4 Å². The van der Waals surface area contributed by atoms with Crippen LogP contribution in [0.25, 0.3) is 0 Å². The summed E-state index contributed by atoms with van der Waals surface area (Å²) in [7, 11) is 0. The molecule has 0 N–H and O–H groups in total. The summed E-state index contributed by atoms with van der Waals surface area (Å²) < 4.78 is 12.4. The first-order valence-corrected chi connectivity index (χ1v) is 18.9. The van der Waals surface area contributed by atoms with E-state index in [0.29, 0.717) is 21.0 Å². The Labute approximate surface area is 286 Å². The van der Waals surface area contributed by atoms with E-state index in [1.165, 1.54) is 43.5 Å². The van der Waals surface area contributed by atoms with E-state index < -0.39 is 0 Å². The van der Waals surface area contributed by atoms with Gasteiger partial charge in [0.15, 0.2) is 0 Å². The van der Waals surface area contributed by atoms with Crippen LogP contribution in [0, 0.1) is 26.6 Å². The zero-order valence-electron chi connectivity index (χ0n) is 28.6. The highest BCUT2D eigenvalue weighted by molar-refractivity contribution is 8.00. The van der Waals surface area contributed by atoms with Crippen molar-refractivity contribution in [1.82, 2.24) is 0 Å². The Balaban J connectivity index is 0.000000293. The van der Waals surface area contributed by atoms with Crippen LogP contribution in [0.1, 0.15) is 72.1 Å². The normalized spacial score (nSPS) is 10.5. The quantitative estimate of drug-likeness (QED) is 0.171. The molecule has 0 fully saturated rings. The second-order valence-electron chi connectivity index (χ2n) is 11.6. The fraction of sp³-hybridized carbons (Fsp3) is 0.385. The first-order valence-electron chi connectivity index (χ1n) is 15.4. The zero-order chi connectivity index (χ0) is 33.1. The number of rotatable bonds is 8. The fourth-order valence-corrected chi connectivity index (χ4v) is 6.80. The Kier molecular flexibility index (Phi) is 20.7. The predicted octanol–water partition coefficient (Wildman–Crippen LogP) is 13.8. The van der Waals surface area contributed by atoms with E-state index in [2.05, 4.69) is 149 Å². The second-order valence-corrected chi connectivity index (χ2v) is 18.2. The van der Waals surface area contributed by atoms with Crippen LogP contribution in [-0.4, -0.2) is 21.0 Å². The van der Waals surface area contributed by atoms with Crippen molar-refractivity contribution in [3.8, 4) is 0 Å². The van der Waals surface area contributed by atoms with Crippen molar-refractivity contribution in [1.29, 1.82) is 0 Å². The van der Waals surface area contributed by atoms with E-state index in [9.17, 15) is 4.39 Å². The second kappa shape index (κ2) is 22.7. The lowest BCUT2D eigenvalue weighted by Gasteiger charge is -2.03. The van der Waals surface area contributed by atoms with Gasteiger partial charge in [-0.25, -0.2) is 4.39 Å². The topological polar surface area (TPSA) is 0 Å². The van der Waals surface area contributed by atoms with Crippen molar-refractivity contribution in [3.05, 3.63) is 120 Å². The monoisotopic (exact) mass is 668 g/mol. The first-order chi connectivity index (χ1) is 20.7. The summed E-state index contributed by atoms with van der Waals surface area (Å²) in [4.78, 5) is 5.23. The largest absolute Gasteiger partial charge is 0.207 e. The Morgan fingerprint density at radius 3 is 0.705 bits per heavy atom. The van der Waals surface area contributed by atoms with E-state index in [4.69, 9.17) is 0 Å². The SMILES string of the molecule is CC(C)Sc1ccc(F)cc1.Cc1ccc(SC(C)C)cc1.Cc1ccc(SC(C)C)cc1.Cc1ccc(SC(C)C)cc1. The molecule has 0 saturated carbocycles. The fourth-order valence-electron chi connectivity index (χ4n) is 3.45. The van der Waals surface area contributed by atoms with Crippen LogP contribution in [-0.2, 0) is 0 Å². The Morgan fingerprint density at radius 1 is 0.341 bits per heavy atom. The summed E-state index contributed by atoms with van der Waals surface area (Å²) in [5.74, 6) is -0.168. The maximum atomic E-state index is 12.4. The molecular weight excluding hydrogens is 616 g/mol. The van der Waals surface area contributed by atoms with E-state index in [0.717, 1.165) is 4.90 Å². The molecule has 0 unspecified atom stereocenters. The average molecular weight is 669 g/mol. The van der Waals surface area contributed by atoms with Crippen molar-refractivity contribution in [2.24, 2.45) is 0 Å². The standard InChI is InChI=1S/3C10H14S.C9H11FS/c3*1-8(2)11-10-6-4-9(3)5-7-10;1-7(2)11-9-5-3-8(10)4-6-9/h3*4-8H,1-3H3;3-7H,1-2H3. The molecule has 4 aromatic rings. The summed E-state index contributed by atoms with van der Waals surface area (Å²) in [6.45, 7) is 23.9. The molecule has 4 rings (SSSR count). The molecule has 0 spiro atoms. The van der Waals surface area contributed by atoms with Crippen molar-refractivity contribution >= 4 is 47.0 Å². The molecule has 0 bridgehead atoms. The molecule has 0 heterocycles. The van der Waals surface area contributed by atoms with Crippen LogP contribution in [0.15, 0.2) is 117 Å². The number of hydrogen-bond donors (Lipinski definition) is 0. The van der Waals surface area contributed by atoms with Gasteiger partial charge >= 0.3 is 0 Å². The lowest BCUT2D eigenvalue weighted by molar-refractivity contribution is 0.626. The molecule has 0 aliphatic heterocycles. The van der Waals surface area contributed by atoms with Crippen LogP contribution < -0.4 is 0 Å². The van der Waals surface area contributed by atoms with Gasteiger partial charge in [-0.1, -0.05) is 108 Å². The smallest absolute Gasteiger partial charge is 0.123 e. The third-order valence-electron chi connectivity index (χ3n) is 5.36. The van der Waals surface area contributed by atoms with E-state index in [1.54, 1.807) is 23.9 Å². The molecule has 44 heavy (non-hydrogen) atoms. The van der Waals surface area contributed by atoms with Gasteiger partial charge in [-0.3, -0.25) is 0 Å². The van der Waals surface area contributed by atoms with Gasteiger partial charge in [0.2, 0.25) is 0 Å². The molecule has 0 aliphatic carbocycles. The number of halogens is 1. The lowest BCUT2D eigenvalue weighted by atomic mass is 10.2. The molecule has 0 amide bonds. The van der Waals surface area contributed by atoms with Crippen molar-refractivity contribution in [2.45, 2.75) is 117 Å². The molecule has 0 saturated heterocycles. The predicted molar refractivity (Wildman–Crippen MR) is 204 cm³/mol. The van der Waals surface area contributed by atoms with Gasteiger partial charge in [-0.15, -0.1) is 47.0 Å². The maximum Gasteiger partial charge on any atom is 0.123 e. The third-order valence-corrected chi connectivity index (χ3v) is 9.43. The summed E-state index contributed by atoms with van der Waals surface area (Å²) >= 11 is 7.46. The minimum absolute atomic E-state index is 0.168. The van der Waals surface area contributed by atoms with E-state index in [-0.39, 0.29) is 5.82 Å². The first kappa shape index (κ1) is 40.2. The van der Waals surface area contributed by atoms with E-state index in [1.807, 2.05) is 35.3 Å². The van der Waals surface area contributed by atoms with Gasteiger partial charge in [0, 0.05) is 40.6 Å². The van der Waals surface area contributed by atoms with Gasteiger partial charge in [-0.2, -0.15) is 0 Å². The van der Waals surface area contributed by atoms with Crippen molar-refractivity contribution < 1.29 is 4.39 Å². The third kappa shape index (κ3) is 21.0. The van der Waals surface area contributed by atoms with Gasteiger partial charge in [0.25, 0.3) is 0 Å². The summed E-state index contributed by atoms with van der Waals surface area (Å²) in [5, 5.41) is 2.59. The molecule has 0 nitrogen and oxygen atoms in total. The molecule has 0 aromatic heterocycles. The summed E-state index contributed by atoms with van der Waals surface area (Å²) in [5.41, 5.74) is 3.99. The Bertz CT molecular complexity index is 1060. The lowest BCUT2D eigenvalue weighted by Crippen LogP contribution is -1.85. The maximum absolute atomic E-state index is 12.4. The van der Waals surface area contributed by atoms with Crippen LogP contribution in [0.4, 0.5) is 4.39 Å². The van der Waals surface area contributed by atoms with E-state index >= 15 is 0 Å². The zero-order valence-corrected chi connectivity index (χ0v) is 31.8. The van der Waals surface area contributed by atoms with Crippen LogP contribution in [0.2, 0.25) is 0 Å². The molecule has 240 valence electrons. The minimum atomic E-state index is -0.168. The van der Waals surface area contributed by atoms with Gasteiger partial charge < -0.3 is 0 Å². The van der Waals surface area contributed by atoms with Crippen molar-refractivity contribution in [3.63, 3.8) is 0 Å². The average Bonchev–Trinajstić information content (AvgIpc) is 2.94. The molecule has 0 aliphatic rings. The number of hydrogen-bond acceptors (Lipinski definition) is 4. The van der Waals surface area contributed by atoms with Crippen molar-refractivity contribution in [2.75, 3.05) is 0 Å². The molecule has 0 atom stereocenters. The molecule has 0 radical (unpaired) electrons. The molecule has 5 heteroatoms. The highest BCUT2D eigenvalue weighted by Crippen LogP contribution is 2.24. The van der Waals surface area contributed by atoms with Gasteiger partial charge in [0.1, 0.15) is 5.82 Å². The summed E-state index contributed by atoms with van der Waals surface area (Å²) in [6.07, 6.45) is 0. The molecular formula is C39H53FS4. The number of thioether (sulfide) groups is 4. The number of benzene rings is 4. The van der Waals surface area contributed by atoms with Crippen LogP contribution in [0.5, 0.6) is 0 Å². The Morgan fingerprint density at radius 2 is 0.523 bits per heavy atom. The van der Waals surface area contributed by atoms with Crippen LogP contribution >= 0.6 is 47.0 Å². The number of aryl methyl sites for hydroxylation is 3. The minimum Gasteiger partial charge on any atom is -0.207 e. The highest BCUT2D eigenvalue weighted by atomic mass is 32.2.